The number of likely N-dealkylation sites (N-methyl/N-ethyl adjacent to an activating group) is 1. The van der Waals surface area contributed by atoms with Gasteiger partial charge in [-0.25, -0.2) is 4.98 Å². The molecule has 124 valence electrons. The number of ether oxygens (including phenoxy) is 1. The zero-order valence-corrected chi connectivity index (χ0v) is 14.3. The van der Waals surface area contributed by atoms with Crippen molar-refractivity contribution in [3.05, 3.63) is 29.8 Å². The highest BCUT2D eigenvalue weighted by Crippen LogP contribution is 2.28. The lowest BCUT2D eigenvalue weighted by Crippen LogP contribution is -2.36. The molecule has 0 spiro atoms. The maximum Gasteiger partial charge on any atom is 0.239 e. The Morgan fingerprint density at radius 3 is 2.87 bits per heavy atom. The summed E-state index contributed by atoms with van der Waals surface area (Å²) in [7, 11) is 3.52. The predicted molar refractivity (Wildman–Crippen MR) is 94.2 cm³/mol. The Morgan fingerprint density at radius 2 is 2.17 bits per heavy atom. The number of unbranched alkanes of at least 4 members (excludes halogenated alkanes) is 1. The second-order valence-corrected chi connectivity index (χ2v) is 5.71. The van der Waals surface area contributed by atoms with Crippen LogP contribution in [0.25, 0.3) is 10.9 Å². The number of methoxy groups -OCH3 is 1. The first-order chi connectivity index (χ1) is 11.1. The van der Waals surface area contributed by atoms with Gasteiger partial charge in [-0.3, -0.25) is 4.79 Å². The molecule has 0 aliphatic heterocycles. The summed E-state index contributed by atoms with van der Waals surface area (Å²) in [5, 5.41) is 3.99. The Morgan fingerprint density at radius 1 is 1.39 bits per heavy atom. The number of anilines is 1. The molecule has 0 radical (unpaired) electrons. The van der Waals surface area contributed by atoms with Crippen molar-refractivity contribution in [1.29, 1.82) is 0 Å². The molecule has 0 bridgehead atoms. The molecule has 2 aromatic rings. The van der Waals surface area contributed by atoms with Gasteiger partial charge in [-0.15, -0.1) is 0 Å². The minimum absolute atomic E-state index is 0.0144. The Hall–Kier alpha value is -2.30. The molecule has 0 aliphatic rings. The zero-order valence-electron chi connectivity index (χ0n) is 14.3. The molecule has 5 nitrogen and oxygen atoms in total. The van der Waals surface area contributed by atoms with Gasteiger partial charge < -0.3 is 15.0 Å². The molecule has 1 aromatic carbocycles. The van der Waals surface area contributed by atoms with E-state index in [-0.39, 0.29) is 12.5 Å². The molecule has 0 atom stereocenters. The van der Waals surface area contributed by atoms with Crippen LogP contribution in [-0.4, -0.2) is 38.1 Å². The Bertz CT molecular complexity index is 685. The number of rotatable bonds is 7. The molecule has 0 saturated carbocycles. The molecule has 23 heavy (non-hydrogen) atoms. The monoisotopic (exact) mass is 315 g/mol. The van der Waals surface area contributed by atoms with Crippen LogP contribution in [0.5, 0.6) is 5.75 Å². The van der Waals surface area contributed by atoms with E-state index in [2.05, 4.69) is 17.2 Å². The van der Waals surface area contributed by atoms with Gasteiger partial charge in [0, 0.05) is 19.0 Å². The van der Waals surface area contributed by atoms with E-state index < -0.39 is 0 Å². The molecule has 1 N–H and O–H groups in total. The molecule has 1 aromatic heterocycles. The summed E-state index contributed by atoms with van der Waals surface area (Å²) in [6, 6.07) is 7.89. The number of benzene rings is 1. The van der Waals surface area contributed by atoms with Crippen molar-refractivity contribution in [2.24, 2.45) is 0 Å². The van der Waals surface area contributed by atoms with Gasteiger partial charge in [0.1, 0.15) is 17.1 Å². The number of hydrogen-bond acceptors (Lipinski definition) is 4. The van der Waals surface area contributed by atoms with Crippen LogP contribution < -0.4 is 15.0 Å². The van der Waals surface area contributed by atoms with Gasteiger partial charge in [-0.05, 0) is 31.0 Å². The summed E-state index contributed by atoms with van der Waals surface area (Å²) in [5.41, 5.74) is 1.94. The third kappa shape index (κ3) is 4.12. The summed E-state index contributed by atoms with van der Waals surface area (Å²) in [4.78, 5) is 18.5. The van der Waals surface area contributed by atoms with Gasteiger partial charge in [0.05, 0.1) is 13.7 Å². The number of aryl methyl sites for hydroxylation is 1. The molecule has 1 amide bonds. The maximum atomic E-state index is 12.0. The Labute approximate surface area is 137 Å². The fraction of sp³-hybridized carbons (Fsp3) is 0.444. The van der Waals surface area contributed by atoms with Crippen LogP contribution in [-0.2, 0) is 4.79 Å². The van der Waals surface area contributed by atoms with E-state index >= 15 is 0 Å². The lowest BCUT2D eigenvalue weighted by atomic mass is 10.1. The summed E-state index contributed by atoms with van der Waals surface area (Å²) >= 11 is 0. The number of carbonyl (C=O) groups excluding carboxylic acids is 1. The zero-order chi connectivity index (χ0) is 16.8. The molecule has 1 heterocycles. The second-order valence-electron chi connectivity index (χ2n) is 5.71. The molecular weight excluding hydrogens is 290 g/mol. The largest absolute Gasteiger partial charge is 0.494 e. The van der Waals surface area contributed by atoms with Crippen LogP contribution in [0.2, 0.25) is 0 Å². The number of carbonyl (C=O) groups is 1. The van der Waals surface area contributed by atoms with E-state index in [1.807, 2.05) is 43.1 Å². The van der Waals surface area contributed by atoms with Crippen LogP contribution in [0.1, 0.15) is 25.3 Å². The number of para-hydroxylation sites is 1. The predicted octanol–water partition coefficient (Wildman–Crippen LogP) is 2.90. The Kier molecular flexibility index (Phi) is 5.79. The van der Waals surface area contributed by atoms with E-state index in [1.54, 1.807) is 7.11 Å². The highest BCUT2D eigenvalue weighted by Gasteiger charge is 2.12. The fourth-order valence-corrected chi connectivity index (χ4v) is 2.49. The first-order valence-corrected chi connectivity index (χ1v) is 7.99. The lowest BCUT2D eigenvalue weighted by molar-refractivity contribution is -0.119. The fourth-order valence-electron chi connectivity index (χ4n) is 2.49. The average molecular weight is 315 g/mol. The quantitative estimate of drug-likeness (QED) is 0.798. The number of hydrogen-bond donors (Lipinski definition) is 1. The molecule has 0 fully saturated rings. The van der Waals surface area contributed by atoms with Crippen LogP contribution in [0.4, 0.5) is 5.82 Å². The SMILES string of the molecule is CCCCNC(=O)CN(C)c1cc(C)c2cccc(OC)c2n1. The van der Waals surface area contributed by atoms with Gasteiger partial charge in [0.2, 0.25) is 5.91 Å². The highest BCUT2D eigenvalue weighted by molar-refractivity contribution is 5.89. The topological polar surface area (TPSA) is 54.5 Å². The number of pyridine rings is 1. The maximum absolute atomic E-state index is 12.0. The van der Waals surface area contributed by atoms with Crippen LogP contribution >= 0.6 is 0 Å². The average Bonchev–Trinajstić information content (AvgIpc) is 2.54. The Balaban J connectivity index is 2.20. The third-order valence-electron chi connectivity index (χ3n) is 3.84. The summed E-state index contributed by atoms with van der Waals surface area (Å²) < 4.78 is 5.40. The van der Waals surface area contributed by atoms with Crippen molar-refractivity contribution >= 4 is 22.6 Å². The van der Waals surface area contributed by atoms with Crippen LogP contribution in [0, 0.1) is 6.92 Å². The number of aromatic nitrogens is 1. The third-order valence-corrected chi connectivity index (χ3v) is 3.84. The molecule has 0 unspecified atom stereocenters. The smallest absolute Gasteiger partial charge is 0.239 e. The van der Waals surface area contributed by atoms with Crippen molar-refractivity contribution in [2.75, 3.05) is 32.1 Å². The van der Waals surface area contributed by atoms with E-state index in [4.69, 9.17) is 4.74 Å². The number of nitrogens with one attached hydrogen (secondary N) is 1. The highest BCUT2D eigenvalue weighted by atomic mass is 16.5. The van der Waals surface area contributed by atoms with Crippen molar-refractivity contribution in [2.45, 2.75) is 26.7 Å². The van der Waals surface area contributed by atoms with E-state index in [0.717, 1.165) is 47.4 Å². The number of nitrogens with zero attached hydrogens (tertiary/aromatic N) is 2. The minimum atomic E-state index is 0.0144. The summed E-state index contributed by atoms with van der Waals surface area (Å²) in [5.74, 6) is 1.53. The van der Waals surface area contributed by atoms with Crippen molar-refractivity contribution in [3.63, 3.8) is 0 Å². The number of fused-ring (bicyclic) bond motifs is 1. The van der Waals surface area contributed by atoms with E-state index in [9.17, 15) is 4.79 Å². The van der Waals surface area contributed by atoms with Gasteiger partial charge in [0.25, 0.3) is 0 Å². The summed E-state index contributed by atoms with van der Waals surface area (Å²) in [6.45, 7) is 5.16. The minimum Gasteiger partial charge on any atom is -0.494 e. The van der Waals surface area contributed by atoms with Gasteiger partial charge >= 0.3 is 0 Å². The molecule has 0 saturated heterocycles. The molecule has 2 rings (SSSR count). The van der Waals surface area contributed by atoms with E-state index in [1.165, 1.54) is 0 Å². The van der Waals surface area contributed by atoms with Crippen molar-refractivity contribution in [3.8, 4) is 5.75 Å². The van der Waals surface area contributed by atoms with Crippen molar-refractivity contribution in [1.82, 2.24) is 10.3 Å². The lowest BCUT2D eigenvalue weighted by Gasteiger charge is -2.19. The normalized spacial score (nSPS) is 10.6. The first kappa shape index (κ1) is 17.1. The van der Waals surface area contributed by atoms with Gasteiger partial charge in [-0.2, -0.15) is 0 Å². The number of amides is 1. The second kappa shape index (κ2) is 7.81. The molecule has 5 heteroatoms. The van der Waals surface area contributed by atoms with Crippen molar-refractivity contribution < 1.29 is 9.53 Å². The van der Waals surface area contributed by atoms with Gasteiger partial charge in [0.15, 0.2) is 0 Å². The van der Waals surface area contributed by atoms with Gasteiger partial charge in [-0.1, -0.05) is 25.5 Å². The first-order valence-electron chi connectivity index (χ1n) is 7.99. The summed E-state index contributed by atoms with van der Waals surface area (Å²) in [6.07, 6.45) is 2.07. The van der Waals surface area contributed by atoms with Crippen LogP contribution in [0.3, 0.4) is 0 Å². The molecule has 0 aliphatic carbocycles. The van der Waals surface area contributed by atoms with Crippen LogP contribution in [0.15, 0.2) is 24.3 Å². The molecular formula is C18H25N3O2. The standard InChI is InChI=1S/C18H25N3O2/c1-5-6-10-19-17(22)12-21(3)16-11-13(2)14-8-7-9-15(23-4)18(14)20-16/h7-9,11H,5-6,10,12H2,1-4H3,(H,19,22). The van der Waals surface area contributed by atoms with E-state index in [0.29, 0.717) is 0 Å².